The van der Waals surface area contributed by atoms with Crippen molar-refractivity contribution in [3.63, 3.8) is 0 Å². The lowest BCUT2D eigenvalue weighted by atomic mass is 10.2. The third-order valence-corrected chi connectivity index (χ3v) is 5.33. The minimum absolute atomic E-state index is 0.115. The molecule has 1 aromatic carbocycles. The molecule has 2 aromatic heterocycles. The molecule has 2 heterocycles. The second kappa shape index (κ2) is 10.8. The van der Waals surface area contributed by atoms with Crippen molar-refractivity contribution in [3.8, 4) is 5.75 Å². The lowest BCUT2D eigenvalue weighted by molar-refractivity contribution is -0.155. The van der Waals surface area contributed by atoms with Crippen LogP contribution in [0.1, 0.15) is 34.6 Å². The topological polar surface area (TPSA) is 143 Å². The van der Waals surface area contributed by atoms with E-state index in [1.807, 2.05) is 6.92 Å². The Kier molecular flexibility index (Phi) is 8.01. The molecule has 3 atom stereocenters. The third-order valence-electron chi connectivity index (χ3n) is 4.57. The molecule has 0 saturated heterocycles. The number of nitrogens with one attached hydrogen (secondary N) is 1. The molecule has 34 heavy (non-hydrogen) atoms. The summed E-state index contributed by atoms with van der Waals surface area (Å²) in [5, 5.41) is 3.05. The van der Waals surface area contributed by atoms with E-state index < -0.39 is 25.6 Å². The van der Waals surface area contributed by atoms with Crippen LogP contribution in [0.3, 0.4) is 0 Å². The van der Waals surface area contributed by atoms with Crippen LogP contribution in [0.4, 0.5) is 11.5 Å². The highest BCUT2D eigenvalue weighted by atomic mass is 31.1. The summed E-state index contributed by atoms with van der Waals surface area (Å²) in [4.78, 5) is 24.6. The van der Waals surface area contributed by atoms with E-state index in [0.29, 0.717) is 35.0 Å². The fraction of sp³-hybridized carbons (Fsp3) is 0.455. The van der Waals surface area contributed by atoms with E-state index in [1.54, 1.807) is 62.9 Å². The van der Waals surface area contributed by atoms with Gasteiger partial charge >= 0.3 is 14.0 Å². The zero-order chi connectivity index (χ0) is 24.9. The minimum Gasteiger partial charge on any atom is -0.458 e. The molecule has 0 saturated carbocycles. The van der Waals surface area contributed by atoms with Gasteiger partial charge in [-0.3, -0.25) is 4.52 Å². The van der Waals surface area contributed by atoms with Crippen LogP contribution in [0.25, 0.3) is 11.2 Å². The fourth-order valence-electron chi connectivity index (χ4n) is 3.03. The normalized spacial score (nSPS) is 13.9. The molecule has 0 aliphatic rings. The maximum Gasteiger partial charge on any atom is 0.585 e. The van der Waals surface area contributed by atoms with E-state index >= 15 is 0 Å². The molecule has 182 valence electrons. The van der Waals surface area contributed by atoms with Crippen LogP contribution >= 0.6 is 8.03 Å². The Morgan fingerprint density at radius 1 is 1.21 bits per heavy atom. The van der Waals surface area contributed by atoms with E-state index in [-0.39, 0.29) is 12.5 Å². The van der Waals surface area contributed by atoms with Crippen molar-refractivity contribution < 1.29 is 23.4 Å². The van der Waals surface area contributed by atoms with Crippen molar-refractivity contribution in [1.82, 2.24) is 19.5 Å². The summed E-state index contributed by atoms with van der Waals surface area (Å²) in [5.41, 5.74) is 6.87. The van der Waals surface area contributed by atoms with Gasteiger partial charge in [0.25, 0.3) is 6.35 Å². The Labute approximate surface area is 198 Å². The van der Waals surface area contributed by atoms with Crippen molar-refractivity contribution in [2.75, 3.05) is 17.4 Å². The number of rotatable bonds is 10. The Morgan fingerprint density at radius 2 is 1.94 bits per heavy atom. The summed E-state index contributed by atoms with van der Waals surface area (Å²) in [6.07, 6.45) is 2.58. The summed E-state index contributed by atoms with van der Waals surface area (Å²) in [5.74, 6) is 0.257. The molecule has 3 rings (SSSR count). The van der Waals surface area contributed by atoms with E-state index in [2.05, 4.69) is 20.3 Å². The average Bonchev–Trinajstić information content (AvgIpc) is 3.16. The number of aromatic nitrogens is 4. The number of hydrogen-bond acceptors (Lipinski definition) is 10. The number of nitrogens with zero attached hydrogens (tertiary/aromatic N) is 4. The molecular formula is C22H30N6O5P+. The molecule has 3 N–H and O–H groups in total. The highest BCUT2D eigenvalue weighted by Crippen LogP contribution is 2.34. The van der Waals surface area contributed by atoms with Gasteiger partial charge in [0.2, 0.25) is 5.75 Å². The van der Waals surface area contributed by atoms with E-state index in [1.165, 1.54) is 6.33 Å². The van der Waals surface area contributed by atoms with Crippen LogP contribution in [0, 0.1) is 0 Å². The van der Waals surface area contributed by atoms with Crippen molar-refractivity contribution in [2.24, 2.45) is 0 Å². The number of imidazole rings is 1. The van der Waals surface area contributed by atoms with Crippen LogP contribution in [-0.2, 0) is 25.4 Å². The zero-order valence-corrected chi connectivity index (χ0v) is 20.8. The smallest absolute Gasteiger partial charge is 0.458 e. The van der Waals surface area contributed by atoms with Crippen molar-refractivity contribution in [1.29, 1.82) is 0 Å². The van der Waals surface area contributed by atoms with Gasteiger partial charge in [-0.2, -0.15) is 0 Å². The number of esters is 1. The number of benzene rings is 1. The highest BCUT2D eigenvalue weighted by Gasteiger charge is 2.26. The SMILES string of the molecule is CC(Cn1cnc2c(N)ncnc21)OC[P+](=O)Oc1ccccc1N[C@@H](C)C(=O)OC(C)(C)C. The first-order valence-electron chi connectivity index (χ1n) is 10.8. The van der Waals surface area contributed by atoms with Gasteiger partial charge in [-0.15, -0.1) is 0 Å². The summed E-state index contributed by atoms with van der Waals surface area (Å²) >= 11 is 0. The standard InChI is InChI=1S/C22H30N6O5P/c1-14(10-28-12-26-18-19(23)24-11-25-20(18)28)31-13-34(30)33-17-9-7-6-8-16(17)27-15(2)21(29)32-22(3,4)5/h6-9,11-12,14-15,27H,10,13H2,1-5H3,(H2,23,24,25)/q+1/t14?,15-/m0/s1. The molecule has 0 aliphatic heterocycles. The number of para-hydroxylation sites is 2. The second-order valence-corrected chi connectivity index (χ2v) is 9.86. The van der Waals surface area contributed by atoms with Gasteiger partial charge < -0.3 is 25.1 Å². The van der Waals surface area contributed by atoms with Gasteiger partial charge in [-0.05, 0) is 51.3 Å². The quantitative estimate of drug-likeness (QED) is 0.319. The molecule has 2 unspecified atom stereocenters. The fourth-order valence-corrected chi connectivity index (χ4v) is 3.84. The summed E-state index contributed by atoms with van der Waals surface area (Å²) in [6.45, 7) is 9.38. The molecular weight excluding hydrogens is 459 g/mol. The maximum absolute atomic E-state index is 12.6. The lowest BCUT2D eigenvalue weighted by Gasteiger charge is -2.23. The number of fused-ring (bicyclic) bond motifs is 1. The predicted molar refractivity (Wildman–Crippen MR) is 129 cm³/mol. The molecule has 0 radical (unpaired) electrons. The van der Waals surface area contributed by atoms with Crippen LogP contribution < -0.4 is 15.6 Å². The average molecular weight is 489 g/mol. The van der Waals surface area contributed by atoms with Gasteiger partial charge in [0.1, 0.15) is 23.5 Å². The first kappa shape index (κ1) is 25.3. The van der Waals surface area contributed by atoms with Crippen molar-refractivity contribution >= 4 is 36.7 Å². The number of nitrogen functional groups attached to an aromatic ring is 1. The van der Waals surface area contributed by atoms with Gasteiger partial charge in [0, 0.05) is 0 Å². The Balaban J connectivity index is 1.54. The summed E-state index contributed by atoms with van der Waals surface area (Å²) in [6, 6.07) is 6.32. The Bertz CT molecular complexity index is 1160. The molecule has 0 spiro atoms. The molecule has 0 bridgehead atoms. The van der Waals surface area contributed by atoms with Gasteiger partial charge in [-0.1, -0.05) is 12.1 Å². The van der Waals surface area contributed by atoms with Gasteiger partial charge in [0.15, 0.2) is 11.5 Å². The molecule has 12 heteroatoms. The van der Waals surface area contributed by atoms with Crippen molar-refractivity contribution in [2.45, 2.75) is 58.9 Å². The van der Waals surface area contributed by atoms with Gasteiger partial charge in [0.05, 0.1) is 24.7 Å². The molecule has 11 nitrogen and oxygen atoms in total. The number of carbonyl (C=O) groups is 1. The Morgan fingerprint density at radius 3 is 2.68 bits per heavy atom. The summed E-state index contributed by atoms with van der Waals surface area (Å²) in [7, 11) is -2.17. The third kappa shape index (κ3) is 6.85. The second-order valence-electron chi connectivity index (χ2n) is 8.75. The first-order chi connectivity index (χ1) is 16.0. The molecule has 0 amide bonds. The van der Waals surface area contributed by atoms with E-state index in [0.717, 1.165) is 0 Å². The minimum atomic E-state index is -2.17. The lowest BCUT2D eigenvalue weighted by Crippen LogP contribution is -2.34. The van der Waals surface area contributed by atoms with Crippen LogP contribution in [-0.4, -0.2) is 49.6 Å². The van der Waals surface area contributed by atoms with E-state index in [9.17, 15) is 9.36 Å². The van der Waals surface area contributed by atoms with Gasteiger partial charge in [-0.25, -0.2) is 19.7 Å². The van der Waals surface area contributed by atoms with E-state index in [4.69, 9.17) is 19.7 Å². The molecule has 3 aromatic rings. The monoisotopic (exact) mass is 489 g/mol. The van der Waals surface area contributed by atoms with Crippen LogP contribution in [0.2, 0.25) is 0 Å². The number of carbonyl (C=O) groups excluding carboxylic acids is 1. The number of ether oxygens (including phenoxy) is 2. The molecule has 0 aliphatic carbocycles. The molecule has 0 fully saturated rings. The maximum atomic E-state index is 12.6. The summed E-state index contributed by atoms with van der Waals surface area (Å²) < 4.78 is 31.1. The zero-order valence-electron chi connectivity index (χ0n) is 19.9. The first-order valence-corrected chi connectivity index (χ1v) is 12.1. The predicted octanol–water partition coefficient (Wildman–Crippen LogP) is 3.73. The van der Waals surface area contributed by atoms with Crippen LogP contribution in [0.15, 0.2) is 36.9 Å². The highest BCUT2D eigenvalue weighted by molar-refractivity contribution is 7.39. The largest absolute Gasteiger partial charge is 0.585 e. The Hall–Kier alpha value is -3.30. The number of nitrogens with two attached hydrogens (primary N) is 1. The van der Waals surface area contributed by atoms with Crippen LogP contribution in [0.5, 0.6) is 5.75 Å². The van der Waals surface area contributed by atoms with Crippen molar-refractivity contribution in [3.05, 3.63) is 36.9 Å². The number of anilines is 2. The number of hydrogen-bond donors (Lipinski definition) is 2.